The summed E-state index contributed by atoms with van der Waals surface area (Å²) < 4.78 is 47.3. The summed E-state index contributed by atoms with van der Waals surface area (Å²) in [5.74, 6) is -1.36. The van der Waals surface area contributed by atoms with Crippen molar-refractivity contribution in [3.63, 3.8) is 0 Å². The molecule has 0 aliphatic carbocycles. The molecule has 238 valence electrons. The third-order valence-corrected chi connectivity index (χ3v) is 10.8. The van der Waals surface area contributed by atoms with Gasteiger partial charge >= 0.3 is 0 Å². The van der Waals surface area contributed by atoms with Crippen molar-refractivity contribution < 1.29 is 17.6 Å². The molecule has 9 nitrogen and oxygen atoms in total. The number of aryl methyl sites for hydroxylation is 2. The van der Waals surface area contributed by atoms with Crippen LogP contribution in [0.25, 0.3) is 11.0 Å². The van der Waals surface area contributed by atoms with Crippen molar-refractivity contribution in [2.24, 2.45) is 5.92 Å². The highest BCUT2D eigenvalue weighted by Gasteiger charge is 2.33. The number of pyridine rings is 1. The first kappa shape index (κ1) is 31.5. The molecule has 0 saturated carbocycles. The van der Waals surface area contributed by atoms with Crippen LogP contribution < -0.4 is 5.32 Å². The van der Waals surface area contributed by atoms with E-state index in [-0.39, 0.29) is 30.3 Å². The lowest BCUT2D eigenvalue weighted by molar-refractivity contribution is -0.116. The van der Waals surface area contributed by atoms with E-state index in [0.717, 1.165) is 23.1 Å². The van der Waals surface area contributed by atoms with Gasteiger partial charge in [-0.2, -0.15) is 4.31 Å². The van der Waals surface area contributed by atoms with Gasteiger partial charge in [-0.15, -0.1) is 5.10 Å². The normalized spacial score (nSPS) is 16.9. The van der Waals surface area contributed by atoms with Crippen LogP contribution in [0, 0.1) is 18.7 Å². The zero-order chi connectivity index (χ0) is 32.4. The number of amides is 1. The van der Waals surface area contributed by atoms with Crippen molar-refractivity contribution in [2.75, 3.05) is 11.9 Å². The highest BCUT2D eigenvalue weighted by atomic mass is 32.2. The van der Waals surface area contributed by atoms with Gasteiger partial charge in [-0.25, -0.2) is 17.5 Å². The maximum absolute atomic E-state index is 16.2. The number of hydrogen-bond donors (Lipinski definition) is 1. The molecule has 46 heavy (non-hydrogen) atoms. The fourth-order valence-corrected chi connectivity index (χ4v) is 8.01. The molecule has 3 aromatic carbocycles. The molecule has 2 aromatic heterocycles. The second-order valence-electron chi connectivity index (χ2n) is 11.9. The molecule has 5 aromatic rings. The van der Waals surface area contributed by atoms with Gasteiger partial charge in [0.1, 0.15) is 5.52 Å². The lowest BCUT2D eigenvalue weighted by Gasteiger charge is -2.25. The van der Waals surface area contributed by atoms with Gasteiger partial charge in [0.15, 0.2) is 5.82 Å². The van der Waals surface area contributed by atoms with Gasteiger partial charge in [-0.3, -0.25) is 9.78 Å². The van der Waals surface area contributed by atoms with Gasteiger partial charge in [0.05, 0.1) is 22.3 Å². The minimum Gasteiger partial charge on any atom is -0.325 e. The van der Waals surface area contributed by atoms with E-state index in [0.29, 0.717) is 46.7 Å². The summed E-state index contributed by atoms with van der Waals surface area (Å²) in [5.41, 5.74) is 4.81. The minimum absolute atomic E-state index is 0.0605. The number of carbonyl (C=O) groups excluding carboxylic acids is 1. The molecular weight excluding hydrogens is 603 g/mol. The highest BCUT2D eigenvalue weighted by molar-refractivity contribution is 7.89. The van der Waals surface area contributed by atoms with Crippen LogP contribution in [0.15, 0.2) is 84.0 Å². The van der Waals surface area contributed by atoms with Crippen LogP contribution in [0.1, 0.15) is 60.4 Å². The zero-order valence-electron chi connectivity index (χ0n) is 26.1. The van der Waals surface area contributed by atoms with E-state index in [9.17, 15) is 13.2 Å². The number of halogens is 1. The Balaban J connectivity index is 1.40. The predicted octanol–water partition coefficient (Wildman–Crippen LogP) is 6.23. The molecule has 1 amide bonds. The lowest BCUT2D eigenvalue weighted by atomic mass is 9.86. The first-order valence-electron chi connectivity index (χ1n) is 15.6. The van der Waals surface area contributed by atoms with Gasteiger partial charge < -0.3 is 5.32 Å². The molecule has 1 N–H and O–H groups in total. The molecule has 0 spiro atoms. The monoisotopic (exact) mass is 640 g/mol. The van der Waals surface area contributed by atoms with Crippen molar-refractivity contribution in [1.82, 2.24) is 24.3 Å². The van der Waals surface area contributed by atoms with Gasteiger partial charge in [-0.05, 0) is 78.3 Å². The molecule has 0 radical (unpaired) electrons. The van der Waals surface area contributed by atoms with Crippen LogP contribution in [0.3, 0.4) is 0 Å². The topological polar surface area (TPSA) is 110 Å². The number of nitrogens with zero attached hydrogens (tertiary/aromatic N) is 5. The van der Waals surface area contributed by atoms with Crippen molar-refractivity contribution in [1.29, 1.82) is 0 Å². The number of rotatable bonds is 9. The number of sulfonamides is 1. The van der Waals surface area contributed by atoms with E-state index in [1.54, 1.807) is 57.8 Å². The third kappa shape index (κ3) is 6.17. The second kappa shape index (κ2) is 13.1. The predicted molar refractivity (Wildman–Crippen MR) is 175 cm³/mol. The van der Waals surface area contributed by atoms with Gasteiger partial charge in [0.2, 0.25) is 15.9 Å². The van der Waals surface area contributed by atoms with Crippen LogP contribution in [0.5, 0.6) is 0 Å². The Bertz CT molecular complexity index is 2000. The summed E-state index contributed by atoms with van der Waals surface area (Å²) in [5, 5.41) is 11.0. The summed E-state index contributed by atoms with van der Waals surface area (Å²) in [7, 11) is -3.76. The average Bonchev–Trinajstić information content (AvgIpc) is 3.45. The molecule has 3 heterocycles. The van der Waals surface area contributed by atoms with E-state index < -0.39 is 21.8 Å². The fraction of sp³-hybridized carbons (Fsp3) is 0.314. The summed E-state index contributed by atoms with van der Waals surface area (Å²) >= 11 is 0. The Labute approximate surface area is 268 Å². The van der Waals surface area contributed by atoms with E-state index >= 15 is 4.39 Å². The Morgan fingerprint density at radius 3 is 2.67 bits per heavy atom. The molecule has 0 saturated heterocycles. The van der Waals surface area contributed by atoms with Crippen molar-refractivity contribution in [2.45, 2.75) is 63.9 Å². The van der Waals surface area contributed by atoms with Gasteiger partial charge in [0.25, 0.3) is 0 Å². The molecule has 0 bridgehead atoms. The van der Waals surface area contributed by atoms with Crippen LogP contribution in [0.2, 0.25) is 0 Å². The summed E-state index contributed by atoms with van der Waals surface area (Å²) in [4.78, 5) is 17.8. The number of carbonyl (C=O) groups is 1. The van der Waals surface area contributed by atoms with Crippen molar-refractivity contribution in [3.8, 4) is 0 Å². The average molecular weight is 641 g/mol. The second-order valence-corrected chi connectivity index (χ2v) is 13.8. The number of anilines is 1. The molecule has 6 rings (SSSR count). The molecule has 1 aliphatic rings. The Kier molecular flexibility index (Phi) is 8.97. The van der Waals surface area contributed by atoms with Crippen molar-refractivity contribution in [3.05, 3.63) is 113 Å². The summed E-state index contributed by atoms with van der Waals surface area (Å²) in [6, 6.07) is 19.9. The SMILES string of the molecule is CC[C@H]1Cc2ccccc2S(=O)(=O)N(Cc2cc(C(CC(=O)Nc3cccnc3)c3ccc4c(nnn4CC)c3F)ccc2C)C1. The van der Waals surface area contributed by atoms with Crippen LogP contribution in [-0.2, 0) is 34.3 Å². The quantitative estimate of drug-likeness (QED) is 0.205. The smallest absolute Gasteiger partial charge is 0.243 e. The number of nitrogens with one attached hydrogen (secondary N) is 1. The zero-order valence-corrected chi connectivity index (χ0v) is 27.0. The Morgan fingerprint density at radius 1 is 1.09 bits per heavy atom. The van der Waals surface area contributed by atoms with E-state index in [1.807, 2.05) is 44.2 Å². The molecule has 0 fully saturated rings. The van der Waals surface area contributed by atoms with Crippen LogP contribution >= 0.6 is 0 Å². The number of aromatic nitrogens is 4. The molecule has 2 atom stereocenters. The molecule has 1 unspecified atom stereocenters. The maximum atomic E-state index is 16.2. The maximum Gasteiger partial charge on any atom is 0.243 e. The van der Waals surface area contributed by atoms with Crippen LogP contribution in [-0.4, -0.2) is 45.2 Å². The third-order valence-electron chi connectivity index (χ3n) is 8.93. The van der Waals surface area contributed by atoms with Gasteiger partial charge in [0, 0.05) is 38.2 Å². The molecule has 1 aliphatic heterocycles. The molecular formula is C35H37FN6O3S. The Morgan fingerprint density at radius 2 is 1.91 bits per heavy atom. The van der Waals surface area contributed by atoms with Crippen molar-refractivity contribution >= 4 is 32.7 Å². The summed E-state index contributed by atoms with van der Waals surface area (Å²) in [6.45, 7) is 7.03. The number of hydrogen-bond acceptors (Lipinski definition) is 6. The van der Waals surface area contributed by atoms with Gasteiger partial charge in [-0.1, -0.05) is 61.0 Å². The highest BCUT2D eigenvalue weighted by Crippen LogP contribution is 2.36. The van der Waals surface area contributed by atoms with E-state index in [2.05, 4.69) is 27.5 Å². The lowest BCUT2D eigenvalue weighted by Crippen LogP contribution is -2.33. The fourth-order valence-electron chi connectivity index (χ4n) is 6.28. The summed E-state index contributed by atoms with van der Waals surface area (Å²) in [6.07, 6.45) is 4.65. The van der Waals surface area contributed by atoms with Crippen LogP contribution in [0.4, 0.5) is 10.1 Å². The number of benzene rings is 3. The first-order valence-corrected chi connectivity index (χ1v) is 17.0. The van der Waals surface area contributed by atoms with E-state index in [4.69, 9.17) is 0 Å². The minimum atomic E-state index is -3.76. The van der Waals surface area contributed by atoms with E-state index in [1.165, 1.54) is 0 Å². The first-order chi connectivity index (χ1) is 22.2. The standard InChI is InChI=1S/C35H37FN6O3S/c1-4-24-17-26-9-6-7-11-32(26)46(44,45)41(21-24)22-27-18-25(13-12-23(27)3)30(19-33(43)38-28-10-8-16-37-20-28)29-14-15-31-35(34(29)36)39-40-42(31)5-2/h6-16,18,20,24,30H,4-5,17,19,21-22H2,1-3H3,(H,38,43)/t24-,30?/m0/s1. The Hall–Kier alpha value is -4.48. The largest absolute Gasteiger partial charge is 0.325 e. The number of fused-ring (bicyclic) bond motifs is 2. The molecule has 11 heteroatoms.